The number of hydrogen-bond donors (Lipinski definition) is 3. The third kappa shape index (κ3) is 3.75. The molecule has 2 rings (SSSR count). The molecule has 122 valence electrons. The van der Waals surface area contributed by atoms with Crippen LogP contribution in [0.5, 0.6) is 0 Å². The number of methoxy groups -OCH3 is 1. The van der Waals surface area contributed by atoms with Crippen LogP contribution in [0.4, 0.5) is 11.4 Å². The predicted molar refractivity (Wildman–Crippen MR) is 88.0 cm³/mol. The van der Waals surface area contributed by atoms with Crippen molar-refractivity contribution in [1.82, 2.24) is 9.97 Å². The maximum Gasteiger partial charge on any atom is 0.337 e. The average molecular weight is 316 g/mol. The van der Waals surface area contributed by atoms with Crippen LogP contribution in [0.1, 0.15) is 24.2 Å². The highest BCUT2D eigenvalue weighted by Gasteiger charge is 2.22. The maximum absolute atomic E-state index is 11.8. The zero-order valence-electron chi connectivity index (χ0n) is 13.3. The van der Waals surface area contributed by atoms with Gasteiger partial charge in [-0.2, -0.15) is 0 Å². The van der Waals surface area contributed by atoms with E-state index in [1.54, 1.807) is 18.5 Å². The van der Waals surface area contributed by atoms with E-state index < -0.39 is 11.5 Å². The van der Waals surface area contributed by atoms with Crippen molar-refractivity contribution in [2.24, 2.45) is 0 Å². The van der Waals surface area contributed by atoms with Crippen LogP contribution >= 0.6 is 0 Å². The number of aromatic nitrogens is 2. The largest absolute Gasteiger partial charge is 0.465 e. The van der Waals surface area contributed by atoms with Crippen molar-refractivity contribution in [3.63, 3.8) is 0 Å². The molecule has 0 aliphatic heterocycles. The van der Waals surface area contributed by atoms with Crippen LogP contribution in [0, 0.1) is 0 Å². The molecule has 1 aromatic carbocycles. The van der Waals surface area contributed by atoms with Crippen LogP contribution in [0.3, 0.4) is 0 Å². The number of rotatable bonds is 5. The summed E-state index contributed by atoms with van der Waals surface area (Å²) in [6, 6.07) is 3.20. The van der Waals surface area contributed by atoms with Gasteiger partial charge in [0.15, 0.2) is 0 Å². The Morgan fingerprint density at radius 3 is 2.57 bits per heavy atom. The molecule has 0 saturated carbocycles. The fourth-order valence-corrected chi connectivity index (χ4v) is 2.08. The normalized spacial score (nSPS) is 11.1. The Morgan fingerprint density at radius 2 is 2.00 bits per heavy atom. The third-order valence-corrected chi connectivity index (χ3v) is 3.32. The molecule has 0 bridgehead atoms. The van der Waals surface area contributed by atoms with E-state index in [1.807, 2.05) is 13.8 Å². The molecule has 7 heteroatoms. The van der Waals surface area contributed by atoms with Crippen molar-refractivity contribution < 1.29 is 14.6 Å². The van der Waals surface area contributed by atoms with Crippen molar-refractivity contribution in [3.05, 3.63) is 36.4 Å². The molecule has 23 heavy (non-hydrogen) atoms. The minimum Gasteiger partial charge on any atom is -0.465 e. The minimum absolute atomic E-state index is 0.0874. The first-order chi connectivity index (χ1) is 10.9. The Kier molecular flexibility index (Phi) is 4.80. The maximum atomic E-state index is 11.8. The van der Waals surface area contributed by atoms with E-state index in [2.05, 4.69) is 15.3 Å². The summed E-state index contributed by atoms with van der Waals surface area (Å²) in [5.41, 5.74) is 8.19. The number of ether oxygens (including phenoxy) is 1. The van der Waals surface area contributed by atoms with E-state index in [1.165, 1.54) is 19.5 Å². The van der Waals surface area contributed by atoms with Gasteiger partial charge in [-0.15, -0.1) is 0 Å². The Morgan fingerprint density at radius 1 is 1.35 bits per heavy atom. The van der Waals surface area contributed by atoms with Gasteiger partial charge in [-0.1, -0.05) is 0 Å². The van der Waals surface area contributed by atoms with Gasteiger partial charge in [-0.05, 0) is 26.0 Å². The number of nitrogens with zero attached hydrogens (tertiary/aromatic N) is 2. The molecule has 0 unspecified atom stereocenters. The lowest BCUT2D eigenvalue weighted by Crippen LogP contribution is -2.35. The number of nitrogens with one attached hydrogen (secondary N) is 1. The Hall–Kier alpha value is -2.67. The molecular formula is C16H20N4O3. The zero-order valence-corrected chi connectivity index (χ0v) is 13.3. The second-order valence-corrected chi connectivity index (χ2v) is 5.77. The monoisotopic (exact) mass is 316 g/mol. The lowest BCUT2D eigenvalue weighted by Gasteiger charge is -2.28. The number of nitrogen functional groups attached to an aromatic ring is 1. The van der Waals surface area contributed by atoms with Crippen LogP contribution in [0.15, 0.2) is 30.9 Å². The second kappa shape index (κ2) is 6.62. The van der Waals surface area contributed by atoms with Crippen LogP contribution in [0.2, 0.25) is 0 Å². The van der Waals surface area contributed by atoms with E-state index in [0.29, 0.717) is 28.1 Å². The van der Waals surface area contributed by atoms with Crippen molar-refractivity contribution >= 4 is 17.3 Å². The quantitative estimate of drug-likeness (QED) is 0.568. The molecule has 0 atom stereocenters. The van der Waals surface area contributed by atoms with E-state index in [4.69, 9.17) is 10.5 Å². The van der Waals surface area contributed by atoms with Gasteiger partial charge in [0, 0.05) is 23.5 Å². The fourth-order valence-electron chi connectivity index (χ4n) is 2.08. The lowest BCUT2D eigenvalue weighted by molar-refractivity contribution is 0.0601. The molecule has 0 spiro atoms. The Labute approximate surface area is 134 Å². The summed E-state index contributed by atoms with van der Waals surface area (Å²) in [6.07, 6.45) is 4.67. The third-order valence-electron chi connectivity index (χ3n) is 3.32. The van der Waals surface area contributed by atoms with Crippen molar-refractivity contribution in [2.75, 3.05) is 24.8 Å². The summed E-state index contributed by atoms with van der Waals surface area (Å²) in [5, 5.41) is 12.7. The topological polar surface area (TPSA) is 110 Å². The fraction of sp³-hybridized carbons (Fsp3) is 0.312. The van der Waals surface area contributed by atoms with Gasteiger partial charge in [0.25, 0.3) is 0 Å². The van der Waals surface area contributed by atoms with E-state index >= 15 is 0 Å². The highest BCUT2D eigenvalue weighted by Crippen LogP contribution is 2.35. The first kappa shape index (κ1) is 16.7. The number of anilines is 2. The smallest absolute Gasteiger partial charge is 0.337 e. The van der Waals surface area contributed by atoms with E-state index in [0.717, 1.165) is 0 Å². The highest BCUT2D eigenvalue weighted by atomic mass is 16.5. The molecule has 4 N–H and O–H groups in total. The molecule has 1 heterocycles. The van der Waals surface area contributed by atoms with Crippen LogP contribution in [-0.2, 0) is 4.74 Å². The Bertz CT molecular complexity index is 702. The number of aliphatic hydroxyl groups is 1. The van der Waals surface area contributed by atoms with Gasteiger partial charge in [0.1, 0.15) is 6.33 Å². The SMILES string of the molecule is COC(=O)c1cc(N)c(NC(C)(C)CO)c(-c2cncnc2)c1. The standard InChI is InChI=1S/C16H20N4O3/c1-16(2,8-21)20-14-12(11-6-18-9-19-7-11)4-10(5-13(14)17)15(22)23-3/h4-7,9,20-21H,8,17H2,1-3H3. The number of esters is 1. The number of carbonyl (C=O) groups excluding carboxylic acids is 1. The van der Waals surface area contributed by atoms with E-state index in [-0.39, 0.29) is 6.61 Å². The van der Waals surface area contributed by atoms with Crippen LogP contribution < -0.4 is 11.1 Å². The molecule has 0 amide bonds. The summed E-state index contributed by atoms with van der Waals surface area (Å²) >= 11 is 0. The van der Waals surface area contributed by atoms with Crippen molar-refractivity contribution in [3.8, 4) is 11.1 Å². The van der Waals surface area contributed by atoms with Gasteiger partial charge in [-0.25, -0.2) is 14.8 Å². The molecule has 0 aliphatic carbocycles. The zero-order chi connectivity index (χ0) is 17.0. The first-order valence-corrected chi connectivity index (χ1v) is 7.04. The predicted octanol–water partition coefficient (Wildman–Crippen LogP) is 1.70. The molecule has 2 aromatic rings. The number of hydrogen-bond acceptors (Lipinski definition) is 7. The molecule has 0 radical (unpaired) electrons. The van der Waals surface area contributed by atoms with Crippen molar-refractivity contribution in [1.29, 1.82) is 0 Å². The number of benzene rings is 1. The highest BCUT2D eigenvalue weighted by molar-refractivity contribution is 5.97. The summed E-state index contributed by atoms with van der Waals surface area (Å²) in [6.45, 7) is 3.59. The molecule has 7 nitrogen and oxygen atoms in total. The molecule has 0 saturated heterocycles. The lowest BCUT2D eigenvalue weighted by atomic mass is 9.98. The van der Waals surface area contributed by atoms with Crippen LogP contribution in [0.25, 0.3) is 11.1 Å². The minimum atomic E-state index is -0.592. The summed E-state index contributed by atoms with van der Waals surface area (Å²) in [5.74, 6) is -0.484. The summed E-state index contributed by atoms with van der Waals surface area (Å²) in [7, 11) is 1.31. The Balaban J connectivity index is 2.62. The molecular weight excluding hydrogens is 296 g/mol. The van der Waals surface area contributed by atoms with Gasteiger partial charge in [0.05, 0.1) is 36.2 Å². The van der Waals surface area contributed by atoms with E-state index in [9.17, 15) is 9.90 Å². The summed E-state index contributed by atoms with van der Waals surface area (Å²) in [4.78, 5) is 19.8. The number of nitrogens with two attached hydrogens (primary N) is 1. The number of carbonyl (C=O) groups is 1. The van der Waals surface area contributed by atoms with Crippen molar-refractivity contribution in [2.45, 2.75) is 19.4 Å². The van der Waals surface area contributed by atoms with Gasteiger partial charge < -0.3 is 20.9 Å². The van der Waals surface area contributed by atoms with Crippen LogP contribution in [-0.4, -0.2) is 40.3 Å². The average Bonchev–Trinajstić information content (AvgIpc) is 2.56. The van der Waals surface area contributed by atoms with Gasteiger partial charge in [0.2, 0.25) is 0 Å². The van der Waals surface area contributed by atoms with Gasteiger partial charge in [-0.3, -0.25) is 0 Å². The number of aliphatic hydroxyl groups excluding tert-OH is 1. The molecule has 0 fully saturated rings. The molecule has 1 aromatic heterocycles. The second-order valence-electron chi connectivity index (χ2n) is 5.77. The first-order valence-electron chi connectivity index (χ1n) is 7.04. The van der Waals surface area contributed by atoms with Gasteiger partial charge >= 0.3 is 5.97 Å². The summed E-state index contributed by atoms with van der Waals surface area (Å²) < 4.78 is 4.76. The molecule has 0 aliphatic rings.